The van der Waals surface area contributed by atoms with Gasteiger partial charge in [0.2, 0.25) is 5.72 Å². The molecule has 2 rings (SSSR count). The molecule has 0 aliphatic carbocycles. The second-order valence-corrected chi connectivity index (χ2v) is 4.49. The lowest BCUT2D eigenvalue weighted by Gasteiger charge is -2.35. The van der Waals surface area contributed by atoms with Gasteiger partial charge in [-0.3, -0.25) is 9.69 Å². The first kappa shape index (κ1) is 12.4. The maximum absolute atomic E-state index is 12.4. The topological polar surface area (TPSA) is 29.5 Å². The molecular weight excluding hydrogens is 226 g/mol. The zero-order valence-corrected chi connectivity index (χ0v) is 10.9. The first-order valence-electron chi connectivity index (χ1n) is 5.88. The van der Waals surface area contributed by atoms with Crippen LogP contribution >= 0.6 is 0 Å². The van der Waals surface area contributed by atoms with Crippen molar-refractivity contribution < 1.29 is 9.53 Å². The quantitative estimate of drug-likeness (QED) is 0.763. The molecule has 1 heterocycles. The average Bonchev–Trinajstić information content (AvgIpc) is 2.53. The Morgan fingerprint density at radius 2 is 1.89 bits per heavy atom. The molecule has 0 aromatic heterocycles. The Bertz CT molecular complexity index is 519. The molecule has 1 aromatic rings. The molecule has 1 aromatic carbocycles. The van der Waals surface area contributed by atoms with Crippen LogP contribution < -0.4 is 4.90 Å². The van der Waals surface area contributed by atoms with Gasteiger partial charge in [-0.25, -0.2) is 0 Å². The van der Waals surface area contributed by atoms with Gasteiger partial charge in [0.25, 0.3) is 5.91 Å². The lowest BCUT2D eigenvalue weighted by Crippen LogP contribution is -2.47. The maximum atomic E-state index is 12.4. The fourth-order valence-electron chi connectivity index (χ4n) is 2.28. The van der Waals surface area contributed by atoms with Crippen molar-refractivity contribution in [3.63, 3.8) is 0 Å². The highest BCUT2D eigenvalue weighted by molar-refractivity contribution is 6.10. The van der Waals surface area contributed by atoms with E-state index in [1.807, 2.05) is 51.1 Å². The highest BCUT2D eigenvalue weighted by Gasteiger charge is 2.47. The summed E-state index contributed by atoms with van der Waals surface area (Å²) in [5, 5.41) is 0. The molecule has 1 aliphatic rings. The van der Waals surface area contributed by atoms with Gasteiger partial charge in [-0.1, -0.05) is 24.8 Å². The summed E-state index contributed by atoms with van der Waals surface area (Å²) >= 11 is 0. The van der Waals surface area contributed by atoms with Crippen LogP contribution in [-0.2, 0) is 9.53 Å². The Balaban J connectivity index is 2.53. The second kappa shape index (κ2) is 4.33. The van der Waals surface area contributed by atoms with Gasteiger partial charge in [0.1, 0.15) is 0 Å². The zero-order chi connectivity index (χ0) is 13.3. The van der Waals surface area contributed by atoms with Crippen LogP contribution in [0.2, 0.25) is 0 Å². The lowest BCUT2D eigenvalue weighted by atomic mass is 10.1. The Labute approximate surface area is 107 Å². The van der Waals surface area contributed by atoms with Crippen molar-refractivity contribution in [3.05, 3.63) is 54.3 Å². The molecule has 1 amide bonds. The molecule has 1 atom stereocenters. The summed E-state index contributed by atoms with van der Waals surface area (Å²) in [4.78, 5) is 14.0. The summed E-state index contributed by atoms with van der Waals surface area (Å²) in [6.07, 6.45) is 1.38. The first-order chi connectivity index (χ1) is 8.52. The molecule has 94 valence electrons. The molecule has 1 aliphatic heterocycles. The van der Waals surface area contributed by atoms with Crippen molar-refractivity contribution in [2.45, 2.75) is 26.5 Å². The molecule has 3 heteroatoms. The molecular formula is C15H17NO2. The largest absolute Gasteiger partial charge is 0.472 e. The van der Waals surface area contributed by atoms with E-state index in [4.69, 9.17) is 4.74 Å². The third-order valence-electron chi connectivity index (χ3n) is 3.54. The lowest BCUT2D eigenvalue weighted by molar-refractivity contribution is -0.116. The number of benzene rings is 1. The number of rotatable bonds is 3. The van der Waals surface area contributed by atoms with Crippen LogP contribution in [0.3, 0.4) is 0 Å². The summed E-state index contributed by atoms with van der Waals surface area (Å²) in [7, 11) is 0. The molecule has 3 nitrogen and oxygen atoms in total. The van der Waals surface area contributed by atoms with E-state index in [1.165, 1.54) is 6.26 Å². The van der Waals surface area contributed by atoms with Gasteiger partial charge in [0, 0.05) is 11.3 Å². The average molecular weight is 243 g/mol. The summed E-state index contributed by atoms with van der Waals surface area (Å²) in [6, 6.07) is 9.52. The molecule has 0 bridgehead atoms. The number of anilines is 1. The summed E-state index contributed by atoms with van der Waals surface area (Å²) in [5.41, 5.74) is 1.67. The smallest absolute Gasteiger partial charge is 0.257 e. The van der Waals surface area contributed by atoms with Crippen LogP contribution in [0, 0.1) is 0 Å². The van der Waals surface area contributed by atoms with E-state index in [0.29, 0.717) is 0 Å². The molecule has 0 radical (unpaired) electrons. The summed E-state index contributed by atoms with van der Waals surface area (Å²) in [6.45, 7) is 9.22. The van der Waals surface area contributed by atoms with Crippen molar-refractivity contribution in [1.29, 1.82) is 0 Å². The van der Waals surface area contributed by atoms with Gasteiger partial charge >= 0.3 is 0 Å². The van der Waals surface area contributed by atoms with Crippen molar-refractivity contribution in [3.8, 4) is 0 Å². The van der Waals surface area contributed by atoms with E-state index in [9.17, 15) is 4.79 Å². The van der Waals surface area contributed by atoms with Gasteiger partial charge in [-0.05, 0) is 38.5 Å². The highest BCUT2D eigenvalue weighted by Crippen LogP contribution is 2.39. The molecule has 18 heavy (non-hydrogen) atoms. The Kier molecular flexibility index (Phi) is 2.99. The minimum Gasteiger partial charge on any atom is -0.472 e. The Hall–Kier alpha value is -2.03. The van der Waals surface area contributed by atoms with Crippen molar-refractivity contribution in [2.75, 3.05) is 4.90 Å². The summed E-state index contributed by atoms with van der Waals surface area (Å²) < 4.78 is 5.62. The van der Waals surface area contributed by atoms with Crippen molar-refractivity contribution in [1.82, 2.24) is 0 Å². The first-order valence-corrected chi connectivity index (χ1v) is 5.88. The predicted molar refractivity (Wildman–Crippen MR) is 72.0 cm³/mol. The van der Waals surface area contributed by atoms with E-state index in [1.54, 1.807) is 4.90 Å². The monoisotopic (exact) mass is 243 g/mol. The van der Waals surface area contributed by atoms with Crippen LogP contribution in [0.5, 0.6) is 0 Å². The van der Waals surface area contributed by atoms with Gasteiger partial charge in [0.15, 0.2) is 0 Å². The van der Waals surface area contributed by atoms with E-state index < -0.39 is 5.72 Å². The van der Waals surface area contributed by atoms with E-state index in [0.717, 1.165) is 16.8 Å². The molecule has 0 saturated heterocycles. The third-order valence-corrected chi connectivity index (χ3v) is 3.54. The fraction of sp³-hybridized carbons (Fsp3) is 0.267. The minimum absolute atomic E-state index is 0.0250. The SMILES string of the molecule is C=CO[C@@]1(C)C(C)=C(C)C(=O)N1c1ccccc1. The molecule has 0 spiro atoms. The maximum Gasteiger partial charge on any atom is 0.257 e. The van der Waals surface area contributed by atoms with Crippen LogP contribution in [0.15, 0.2) is 54.3 Å². The van der Waals surface area contributed by atoms with Crippen LogP contribution in [0.25, 0.3) is 0 Å². The van der Waals surface area contributed by atoms with Gasteiger partial charge in [-0.2, -0.15) is 0 Å². The van der Waals surface area contributed by atoms with Crippen molar-refractivity contribution >= 4 is 11.6 Å². The number of carbonyl (C=O) groups is 1. The number of hydrogen-bond donors (Lipinski definition) is 0. The molecule has 0 N–H and O–H groups in total. The van der Waals surface area contributed by atoms with E-state index >= 15 is 0 Å². The predicted octanol–water partition coefficient (Wildman–Crippen LogP) is 3.25. The number of nitrogens with zero attached hydrogens (tertiary/aromatic N) is 1. The summed E-state index contributed by atoms with van der Waals surface area (Å²) in [5.74, 6) is -0.0250. The number of carbonyl (C=O) groups excluding carboxylic acids is 1. The molecule has 0 saturated carbocycles. The standard InChI is InChI=1S/C15H17NO2/c1-5-18-15(4)12(3)11(2)14(17)16(15)13-9-7-6-8-10-13/h5-10H,1H2,2-4H3/t15-/m0/s1. The van der Waals surface area contributed by atoms with Crippen molar-refractivity contribution in [2.24, 2.45) is 0 Å². The fourth-order valence-corrected chi connectivity index (χ4v) is 2.28. The third kappa shape index (κ3) is 1.63. The normalized spacial score (nSPS) is 23.5. The molecule has 0 fully saturated rings. The zero-order valence-electron chi connectivity index (χ0n) is 10.9. The van der Waals surface area contributed by atoms with E-state index in [2.05, 4.69) is 6.58 Å². The second-order valence-electron chi connectivity index (χ2n) is 4.49. The van der Waals surface area contributed by atoms with E-state index in [-0.39, 0.29) is 5.91 Å². The van der Waals surface area contributed by atoms with Gasteiger partial charge < -0.3 is 4.74 Å². The van der Waals surface area contributed by atoms with Gasteiger partial charge in [-0.15, -0.1) is 0 Å². The molecule has 0 unspecified atom stereocenters. The number of hydrogen-bond acceptors (Lipinski definition) is 2. The highest BCUT2D eigenvalue weighted by atomic mass is 16.5. The van der Waals surface area contributed by atoms with Gasteiger partial charge in [0.05, 0.1) is 6.26 Å². The number of para-hydroxylation sites is 1. The number of ether oxygens (including phenoxy) is 1. The number of amides is 1. The minimum atomic E-state index is -0.787. The van der Waals surface area contributed by atoms with Crippen LogP contribution in [0.1, 0.15) is 20.8 Å². The van der Waals surface area contributed by atoms with Crippen LogP contribution in [-0.4, -0.2) is 11.6 Å². The van der Waals surface area contributed by atoms with Crippen LogP contribution in [0.4, 0.5) is 5.69 Å². The Morgan fingerprint density at radius 1 is 1.28 bits per heavy atom. The Morgan fingerprint density at radius 3 is 2.44 bits per heavy atom.